The SMILES string of the molecule is COc1ccccc1C(C)NC(=O)CSCc1cccc(Cl)c1. The molecule has 0 radical (unpaired) electrons. The van der Waals surface area contributed by atoms with Crippen LogP contribution >= 0.6 is 23.4 Å². The number of amides is 1. The van der Waals surface area contributed by atoms with Crippen molar-refractivity contribution in [2.45, 2.75) is 18.7 Å². The molecule has 23 heavy (non-hydrogen) atoms. The highest BCUT2D eigenvalue weighted by Gasteiger charge is 2.13. The largest absolute Gasteiger partial charge is 0.496 e. The van der Waals surface area contributed by atoms with Gasteiger partial charge in [0.15, 0.2) is 0 Å². The molecule has 0 fully saturated rings. The normalized spacial score (nSPS) is 11.8. The van der Waals surface area contributed by atoms with Crippen molar-refractivity contribution in [3.8, 4) is 5.75 Å². The van der Waals surface area contributed by atoms with E-state index < -0.39 is 0 Å². The number of ether oxygens (including phenoxy) is 1. The molecule has 122 valence electrons. The van der Waals surface area contributed by atoms with Crippen LogP contribution in [-0.4, -0.2) is 18.8 Å². The Kier molecular flexibility index (Phi) is 6.81. The van der Waals surface area contributed by atoms with E-state index >= 15 is 0 Å². The Balaban J connectivity index is 1.82. The summed E-state index contributed by atoms with van der Waals surface area (Å²) in [5.74, 6) is 1.96. The van der Waals surface area contributed by atoms with Gasteiger partial charge in [0.25, 0.3) is 0 Å². The highest BCUT2D eigenvalue weighted by atomic mass is 35.5. The Morgan fingerprint density at radius 3 is 2.78 bits per heavy atom. The monoisotopic (exact) mass is 349 g/mol. The van der Waals surface area contributed by atoms with Crippen molar-refractivity contribution >= 4 is 29.3 Å². The van der Waals surface area contributed by atoms with Crippen LogP contribution in [0.2, 0.25) is 5.02 Å². The molecule has 0 bridgehead atoms. The summed E-state index contributed by atoms with van der Waals surface area (Å²) in [5, 5.41) is 3.72. The van der Waals surface area contributed by atoms with Crippen molar-refractivity contribution in [3.63, 3.8) is 0 Å². The average Bonchev–Trinajstić information content (AvgIpc) is 2.54. The molecule has 0 saturated heterocycles. The van der Waals surface area contributed by atoms with Gasteiger partial charge in [0.1, 0.15) is 5.75 Å². The molecular weight excluding hydrogens is 330 g/mol. The van der Waals surface area contributed by atoms with Crippen molar-refractivity contribution in [2.75, 3.05) is 12.9 Å². The molecule has 1 unspecified atom stereocenters. The minimum Gasteiger partial charge on any atom is -0.496 e. The smallest absolute Gasteiger partial charge is 0.230 e. The summed E-state index contributed by atoms with van der Waals surface area (Å²) in [5.41, 5.74) is 2.09. The minimum atomic E-state index is -0.0922. The lowest BCUT2D eigenvalue weighted by molar-refractivity contribution is -0.119. The average molecular weight is 350 g/mol. The number of thioether (sulfide) groups is 1. The van der Waals surface area contributed by atoms with Crippen molar-refractivity contribution in [1.82, 2.24) is 5.32 Å². The second kappa shape index (κ2) is 8.85. The summed E-state index contributed by atoms with van der Waals surface area (Å²) in [6.07, 6.45) is 0. The van der Waals surface area contributed by atoms with E-state index in [4.69, 9.17) is 16.3 Å². The van der Waals surface area contributed by atoms with E-state index in [1.165, 1.54) is 0 Å². The van der Waals surface area contributed by atoms with Crippen LogP contribution in [0.3, 0.4) is 0 Å². The summed E-state index contributed by atoms with van der Waals surface area (Å²) in [6.45, 7) is 1.96. The highest BCUT2D eigenvalue weighted by molar-refractivity contribution is 7.99. The van der Waals surface area contributed by atoms with Gasteiger partial charge in [-0.1, -0.05) is 41.9 Å². The summed E-state index contributed by atoms with van der Waals surface area (Å²) in [4.78, 5) is 12.1. The Labute approximate surface area is 146 Å². The molecule has 0 heterocycles. The molecule has 2 rings (SSSR count). The van der Waals surface area contributed by atoms with Gasteiger partial charge in [-0.2, -0.15) is 0 Å². The number of rotatable bonds is 7. The van der Waals surface area contributed by atoms with Gasteiger partial charge >= 0.3 is 0 Å². The summed E-state index contributed by atoms with van der Waals surface area (Å²) in [7, 11) is 1.63. The maximum absolute atomic E-state index is 12.1. The fourth-order valence-corrected chi connectivity index (χ4v) is 3.27. The maximum atomic E-state index is 12.1. The van der Waals surface area contributed by atoms with Crippen LogP contribution in [0.25, 0.3) is 0 Å². The van der Waals surface area contributed by atoms with Crippen molar-refractivity contribution < 1.29 is 9.53 Å². The van der Waals surface area contributed by atoms with Crippen LogP contribution in [-0.2, 0) is 10.5 Å². The standard InChI is InChI=1S/C18H20ClNO2S/c1-13(16-8-3-4-9-17(16)22-2)20-18(21)12-23-11-14-6-5-7-15(19)10-14/h3-10,13H,11-12H2,1-2H3,(H,20,21). The number of para-hydroxylation sites is 1. The molecule has 0 spiro atoms. The van der Waals surface area contributed by atoms with Crippen LogP contribution in [0.1, 0.15) is 24.1 Å². The number of methoxy groups -OCH3 is 1. The molecule has 0 saturated carbocycles. The van der Waals surface area contributed by atoms with Crippen LogP contribution < -0.4 is 10.1 Å². The first-order valence-electron chi connectivity index (χ1n) is 7.34. The van der Waals surface area contributed by atoms with Crippen LogP contribution in [0, 0.1) is 0 Å². The maximum Gasteiger partial charge on any atom is 0.230 e. The molecule has 1 atom stereocenters. The Morgan fingerprint density at radius 2 is 2.04 bits per heavy atom. The zero-order valence-corrected chi connectivity index (χ0v) is 14.8. The molecule has 0 aliphatic rings. The first-order valence-corrected chi connectivity index (χ1v) is 8.88. The van der Waals surface area contributed by atoms with Gasteiger partial charge in [0.05, 0.1) is 18.9 Å². The van der Waals surface area contributed by atoms with E-state index in [1.807, 2.05) is 55.5 Å². The fourth-order valence-electron chi connectivity index (χ4n) is 2.27. The summed E-state index contributed by atoms with van der Waals surface area (Å²) in [6, 6.07) is 15.3. The van der Waals surface area contributed by atoms with E-state index in [-0.39, 0.29) is 11.9 Å². The number of benzene rings is 2. The topological polar surface area (TPSA) is 38.3 Å². The van der Waals surface area contributed by atoms with E-state index in [0.717, 1.165) is 27.7 Å². The zero-order valence-electron chi connectivity index (χ0n) is 13.2. The minimum absolute atomic E-state index is 0.00966. The Bertz CT molecular complexity index is 663. The van der Waals surface area contributed by atoms with E-state index in [1.54, 1.807) is 18.9 Å². The Hall–Kier alpha value is -1.65. The lowest BCUT2D eigenvalue weighted by Gasteiger charge is -2.17. The van der Waals surface area contributed by atoms with Gasteiger partial charge in [-0.15, -0.1) is 11.8 Å². The van der Waals surface area contributed by atoms with E-state index in [2.05, 4.69) is 5.32 Å². The van der Waals surface area contributed by atoms with Crippen LogP contribution in [0.4, 0.5) is 0 Å². The molecule has 2 aromatic carbocycles. The first kappa shape index (κ1) is 17.7. The molecule has 0 aliphatic heterocycles. The first-order chi connectivity index (χ1) is 11.1. The summed E-state index contributed by atoms with van der Waals surface area (Å²) < 4.78 is 5.33. The zero-order chi connectivity index (χ0) is 16.7. The lowest BCUT2D eigenvalue weighted by Crippen LogP contribution is -2.28. The van der Waals surface area contributed by atoms with Gasteiger partial charge in [-0.05, 0) is 30.7 Å². The van der Waals surface area contributed by atoms with Gasteiger partial charge < -0.3 is 10.1 Å². The number of hydrogen-bond acceptors (Lipinski definition) is 3. The lowest BCUT2D eigenvalue weighted by atomic mass is 10.1. The number of halogens is 1. The summed E-state index contributed by atoms with van der Waals surface area (Å²) >= 11 is 7.52. The van der Waals surface area contributed by atoms with Gasteiger partial charge in [-0.25, -0.2) is 0 Å². The molecular formula is C18H20ClNO2S. The van der Waals surface area contributed by atoms with Gasteiger partial charge in [0, 0.05) is 16.3 Å². The molecule has 3 nitrogen and oxygen atoms in total. The molecule has 5 heteroatoms. The fraction of sp³-hybridized carbons (Fsp3) is 0.278. The van der Waals surface area contributed by atoms with Crippen molar-refractivity contribution in [2.24, 2.45) is 0 Å². The van der Waals surface area contributed by atoms with Gasteiger partial charge in [-0.3, -0.25) is 4.79 Å². The van der Waals surface area contributed by atoms with Gasteiger partial charge in [0.2, 0.25) is 5.91 Å². The number of carbonyl (C=O) groups excluding carboxylic acids is 1. The third-order valence-corrected chi connectivity index (χ3v) is 4.61. The Morgan fingerprint density at radius 1 is 1.26 bits per heavy atom. The third kappa shape index (κ3) is 5.48. The van der Waals surface area contributed by atoms with Crippen LogP contribution in [0.5, 0.6) is 5.75 Å². The molecule has 0 aromatic heterocycles. The third-order valence-electron chi connectivity index (χ3n) is 3.37. The molecule has 1 amide bonds. The van der Waals surface area contributed by atoms with Crippen molar-refractivity contribution in [3.05, 3.63) is 64.7 Å². The predicted octanol–water partition coefficient (Wildman–Crippen LogP) is 4.46. The van der Waals surface area contributed by atoms with E-state index in [9.17, 15) is 4.79 Å². The molecule has 1 N–H and O–H groups in total. The van der Waals surface area contributed by atoms with Crippen molar-refractivity contribution in [1.29, 1.82) is 0 Å². The predicted molar refractivity (Wildman–Crippen MR) is 97.2 cm³/mol. The van der Waals surface area contributed by atoms with Crippen LogP contribution in [0.15, 0.2) is 48.5 Å². The number of hydrogen-bond donors (Lipinski definition) is 1. The number of nitrogens with one attached hydrogen (secondary N) is 1. The highest BCUT2D eigenvalue weighted by Crippen LogP contribution is 2.24. The second-order valence-corrected chi connectivity index (χ2v) is 6.58. The second-order valence-electron chi connectivity index (χ2n) is 5.15. The number of carbonyl (C=O) groups is 1. The quantitative estimate of drug-likeness (QED) is 0.802. The molecule has 2 aromatic rings. The molecule has 0 aliphatic carbocycles. The van der Waals surface area contributed by atoms with E-state index in [0.29, 0.717) is 5.75 Å².